The number of para-hydroxylation sites is 1. The van der Waals surface area contributed by atoms with E-state index in [2.05, 4.69) is 0 Å². The first-order valence-corrected chi connectivity index (χ1v) is 11.4. The largest absolute Gasteiger partial charge is 0.443 e. The van der Waals surface area contributed by atoms with Gasteiger partial charge in [-0.25, -0.2) is 9.69 Å². The van der Waals surface area contributed by atoms with Gasteiger partial charge in [0.1, 0.15) is 11.0 Å². The maximum absolute atomic E-state index is 14.4. The molecule has 0 saturated heterocycles. The summed E-state index contributed by atoms with van der Waals surface area (Å²) in [5.41, 5.74) is 1.46. The molecule has 34 heavy (non-hydrogen) atoms. The highest BCUT2D eigenvalue weighted by molar-refractivity contribution is 6.22. The highest BCUT2D eigenvalue weighted by Crippen LogP contribution is 2.55. The number of amides is 2. The van der Waals surface area contributed by atoms with Crippen molar-refractivity contribution in [2.75, 3.05) is 4.90 Å². The molecule has 3 atom stereocenters. The Balaban J connectivity index is 1.76. The molecule has 3 aromatic rings. The fraction of sp³-hybridized carbons (Fsp3) is 0.241. The van der Waals surface area contributed by atoms with Crippen LogP contribution in [-0.4, -0.2) is 22.7 Å². The van der Waals surface area contributed by atoms with Crippen LogP contribution in [0.4, 0.5) is 10.5 Å². The lowest BCUT2D eigenvalue weighted by molar-refractivity contribution is -0.124. The monoisotopic (exact) mass is 453 g/mol. The highest BCUT2D eigenvalue weighted by atomic mass is 16.6. The topological polar surface area (TPSA) is 66.8 Å². The standard InChI is InChI=1S/C29H27NO4/c1-28(2,3)34-27(33)30-24-16-10-9-15-22(24)29(26(30)32,20-12-5-4-6-13-20)23-18-17-19-11-7-8-14-21(19)25(23)31/h4-18,23,25,31H,1-3H3/t23-,25-,29-/m1/s1. The van der Waals surface area contributed by atoms with E-state index < -0.39 is 35.0 Å². The molecule has 3 aromatic carbocycles. The molecule has 1 N–H and O–H groups in total. The molecule has 0 bridgehead atoms. The number of anilines is 1. The van der Waals surface area contributed by atoms with Crippen LogP contribution in [0.5, 0.6) is 0 Å². The third-order valence-electron chi connectivity index (χ3n) is 6.55. The average molecular weight is 454 g/mol. The Kier molecular flexibility index (Phi) is 5.18. The molecule has 1 aliphatic carbocycles. The van der Waals surface area contributed by atoms with Gasteiger partial charge in [0, 0.05) is 5.92 Å². The van der Waals surface area contributed by atoms with Crippen LogP contribution in [0, 0.1) is 5.92 Å². The minimum absolute atomic E-state index is 0.428. The normalized spacial score (nSPS) is 23.4. The summed E-state index contributed by atoms with van der Waals surface area (Å²) < 4.78 is 5.63. The van der Waals surface area contributed by atoms with E-state index in [1.807, 2.05) is 78.9 Å². The molecule has 2 amide bonds. The van der Waals surface area contributed by atoms with Crippen molar-refractivity contribution in [1.29, 1.82) is 0 Å². The minimum Gasteiger partial charge on any atom is -0.443 e. The Morgan fingerprint density at radius 1 is 0.941 bits per heavy atom. The minimum atomic E-state index is -1.31. The van der Waals surface area contributed by atoms with Crippen LogP contribution < -0.4 is 4.90 Å². The molecular formula is C29H27NO4. The number of carbonyl (C=O) groups is 2. The lowest BCUT2D eigenvalue weighted by atomic mass is 9.62. The van der Waals surface area contributed by atoms with E-state index in [-0.39, 0.29) is 0 Å². The third-order valence-corrected chi connectivity index (χ3v) is 6.55. The number of nitrogens with zero attached hydrogens (tertiary/aromatic N) is 1. The van der Waals surface area contributed by atoms with Crippen molar-refractivity contribution in [3.63, 3.8) is 0 Å². The number of hydrogen-bond donors (Lipinski definition) is 1. The van der Waals surface area contributed by atoms with Crippen LogP contribution in [-0.2, 0) is 14.9 Å². The number of benzene rings is 3. The van der Waals surface area contributed by atoms with E-state index >= 15 is 0 Å². The zero-order valence-corrected chi connectivity index (χ0v) is 19.4. The summed E-state index contributed by atoms with van der Waals surface area (Å²) >= 11 is 0. The fourth-order valence-corrected chi connectivity index (χ4v) is 5.21. The summed E-state index contributed by atoms with van der Waals surface area (Å²) in [4.78, 5) is 28.9. The van der Waals surface area contributed by atoms with Crippen LogP contribution in [0.15, 0.2) is 84.9 Å². The van der Waals surface area contributed by atoms with Gasteiger partial charge in [0.2, 0.25) is 0 Å². The quantitative estimate of drug-likeness (QED) is 0.546. The number of aliphatic hydroxyl groups is 1. The zero-order valence-electron chi connectivity index (χ0n) is 19.4. The van der Waals surface area contributed by atoms with Crippen LogP contribution in [0.2, 0.25) is 0 Å². The third kappa shape index (κ3) is 3.27. The molecule has 0 saturated carbocycles. The Labute approximate surface area is 199 Å². The molecule has 5 rings (SSSR count). The first kappa shape index (κ1) is 22.1. The summed E-state index contributed by atoms with van der Waals surface area (Å²) in [5.74, 6) is -1.06. The molecule has 0 fully saturated rings. The van der Waals surface area contributed by atoms with Crippen LogP contribution >= 0.6 is 0 Å². The van der Waals surface area contributed by atoms with E-state index in [1.165, 1.54) is 0 Å². The van der Waals surface area contributed by atoms with Gasteiger partial charge in [-0.3, -0.25) is 4.79 Å². The number of rotatable bonds is 2. The van der Waals surface area contributed by atoms with Gasteiger partial charge in [-0.15, -0.1) is 0 Å². The molecule has 0 radical (unpaired) electrons. The number of ether oxygens (including phenoxy) is 1. The van der Waals surface area contributed by atoms with Gasteiger partial charge in [0.05, 0.1) is 11.8 Å². The number of fused-ring (bicyclic) bond motifs is 2. The van der Waals surface area contributed by atoms with Gasteiger partial charge in [-0.1, -0.05) is 84.9 Å². The van der Waals surface area contributed by atoms with Crippen molar-refractivity contribution in [3.05, 3.63) is 107 Å². The predicted molar refractivity (Wildman–Crippen MR) is 131 cm³/mol. The lowest BCUT2D eigenvalue weighted by Crippen LogP contribution is -2.50. The molecule has 2 aliphatic rings. The van der Waals surface area contributed by atoms with E-state index in [1.54, 1.807) is 32.9 Å². The van der Waals surface area contributed by atoms with Crippen LogP contribution in [0.25, 0.3) is 6.08 Å². The van der Waals surface area contributed by atoms with Crippen molar-refractivity contribution >= 4 is 23.8 Å². The van der Waals surface area contributed by atoms with E-state index in [9.17, 15) is 14.7 Å². The maximum atomic E-state index is 14.4. The van der Waals surface area contributed by atoms with Gasteiger partial charge in [-0.2, -0.15) is 0 Å². The Bertz CT molecular complexity index is 1290. The van der Waals surface area contributed by atoms with E-state index in [4.69, 9.17) is 4.74 Å². The summed E-state index contributed by atoms with van der Waals surface area (Å²) in [5, 5.41) is 11.6. The highest BCUT2D eigenvalue weighted by Gasteiger charge is 2.60. The van der Waals surface area contributed by atoms with Gasteiger partial charge >= 0.3 is 6.09 Å². The molecule has 172 valence electrons. The molecule has 0 spiro atoms. The summed E-state index contributed by atoms with van der Waals surface area (Å²) in [6, 6.07) is 24.3. The van der Waals surface area contributed by atoms with Crippen molar-refractivity contribution in [1.82, 2.24) is 0 Å². The van der Waals surface area contributed by atoms with E-state index in [0.29, 0.717) is 16.8 Å². The Morgan fingerprint density at radius 3 is 2.32 bits per heavy atom. The second-order valence-electron chi connectivity index (χ2n) is 9.77. The summed E-state index contributed by atoms with van der Waals surface area (Å²) in [6.45, 7) is 5.31. The van der Waals surface area contributed by atoms with Gasteiger partial charge in [0.25, 0.3) is 5.91 Å². The first-order valence-electron chi connectivity index (χ1n) is 11.4. The first-order chi connectivity index (χ1) is 16.2. The number of carbonyl (C=O) groups excluding carboxylic acids is 2. The molecule has 1 heterocycles. The summed E-state index contributed by atoms with van der Waals surface area (Å²) in [7, 11) is 0. The SMILES string of the molecule is CC(C)(C)OC(=O)N1C(=O)[C@@](c2ccccc2)([C@@H]2C=Cc3ccccc3[C@H]2O)c2ccccc21. The average Bonchev–Trinajstić information content (AvgIpc) is 3.08. The lowest BCUT2D eigenvalue weighted by Gasteiger charge is -2.40. The van der Waals surface area contributed by atoms with Gasteiger partial charge < -0.3 is 9.84 Å². The molecule has 5 heteroatoms. The Hall–Kier alpha value is -3.70. The second kappa shape index (κ2) is 7.96. The predicted octanol–water partition coefficient (Wildman–Crippen LogP) is 5.63. The van der Waals surface area contributed by atoms with Gasteiger partial charge in [-0.05, 0) is 49.1 Å². The van der Waals surface area contributed by atoms with E-state index in [0.717, 1.165) is 16.0 Å². The maximum Gasteiger partial charge on any atom is 0.421 e. The molecular weight excluding hydrogens is 426 g/mol. The van der Waals surface area contributed by atoms with Crippen molar-refractivity contribution < 1.29 is 19.4 Å². The van der Waals surface area contributed by atoms with Crippen molar-refractivity contribution in [2.45, 2.75) is 37.9 Å². The molecule has 0 aromatic heterocycles. The smallest absolute Gasteiger partial charge is 0.421 e. The number of aliphatic hydroxyl groups excluding tert-OH is 1. The summed E-state index contributed by atoms with van der Waals surface area (Å²) in [6.07, 6.45) is 2.17. The molecule has 0 unspecified atom stereocenters. The van der Waals surface area contributed by atoms with Crippen LogP contribution in [0.1, 0.15) is 49.1 Å². The van der Waals surface area contributed by atoms with Crippen LogP contribution in [0.3, 0.4) is 0 Å². The van der Waals surface area contributed by atoms with Crippen molar-refractivity contribution in [2.24, 2.45) is 5.92 Å². The van der Waals surface area contributed by atoms with Crippen molar-refractivity contribution in [3.8, 4) is 0 Å². The molecule has 5 nitrogen and oxygen atoms in total. The Morgan fingerprint density at radius 2 is 1.59 bits per heavy atom. The second-order valence-corrected chi connectivity index (χ2v) is 9.77. The van der Waals surface area contributed by atoms with Gasteiger partial charge in [0.15, 0.2) is 0 Å². The number of imide groups is 1. The number of hydrogen-bond acceptors (Lipinski definition) is 4. The zero-order chi connectivity index (χ0) is 24.1. The fourth-order valence-electron chi connectivity index (χ4n) is 5.21. The molecule has 1 aliphatic heterocycles.